The summed E-state index contributed by atoms with van der Waals surface area (Å²) in [5.74, 6) is -1.05. The fourth-order valence-electron chi connectivity index (χ4n) is 1.38. The van der Waals surface area contributed by atoms with Crippen LogP contribution in [-0.2, 0) is 10.0 Å². The van der Waals surface area contributed by atoms with Crippen LogP contribution in [0.2, 0.25) is 0 Å². The molecule has 8 heteroatoms. The molecule has 4 N–H and O–H groups in total. The molecular formula is C10H15FN4O2S. The Kier molecular flexibility index (Phi) is 4.74. The molecule has 0 bridgehead atoms. The van der Waals surface area contributed by atoms with Gasteiger partial charge >= 0.3 is 0 Å². The number of nitrogens with zero attached hydrogens (tertiary/aromatic N) is 1. The molecule has 18 heavy (non-hydrogen) atoms. The second-order valence-corrected chi connectivity index (χ2v) is 5.38. The molecule has 100 valence electrons. The zero-order chi connectivity index (χ0) is 13.8. The molecule has 6 nitrogen and oxygen atoms in total. The molecule has 1 aromatic rings. The van der Waals surface area contributed by atoms with Crippen LogP contribution in [0.4, 0.5) is 4.39 Å². The number of sulfonamides is 1. The Hall–Kier alpha value is -1.54. The second-order valence-electron chi connectivity index (χ2n) is 3.75. The quantitative estimate of drug-likeness (QED) is 0.521. The van der Waals surface area contributed by atoms with E-state index in [1.165, 1.54) is 12.3 Å². The maximum absolute atomic E-state index is 13.4. The standard InChI is InChI=1S/C10H15FN4O2S/c1-2-7(6-9(12)13)15-18(16,17)10-8(11)4-3-5-14-10/h3-5,7,15H,2,6H2,1H3,(H3,12,13). The molecule has 0 fully saturated rings. The maximum Gasteiger partial charge on any atom is 0.261 e. The number of amidine groups is 1. The minimum absolute atomic E-state index is 0.0736. The van der Waals surface area contributed by atoms with Crippen LogP contribution in [0.3, 0.4) is 0 Å². The first kappa shape index (κ1) is 14.5. The number of halogens is 1. The van der Waals surface area contributed by atoms with Crippen molar-refractivity contribution in [3.05, 3.63) is 24.1 Å². The van der Waals surface area contributed by atoms with Crippen LogP contribution >= 0.6 is 0 Å². The van der Waals surface area contributed by atoms with E-state index < -0.39 is 26.9 Å². The molecule has 0 aliphatic heterocycles. The van der Waals surface area contributed by atoms with Crippen molar-refractivity contribution in [2.24, 2.45) is 5.73 Å². The van der Waals surface area contributed by atoms with Gasteiger partial charge in [-0.15, -0.1) is 0 Å². The summed E-state index contributed by atoms with van der Waals surface area (Å²) in [5.41, 5.74) is 5.22. The van der Waals surface area contributed by atoms with Gasteiger partial charge in [0.1, 0.15) is 0 Å². The summed E-state index contributed by atoms with van der Waals surface area (Å²) < 4.78 is 39.4. The van der Waals surface area contributed by atoms with E-state index >= 15 is 0 Å². The van der Waals surface area contributed by atoms with Gasteiger partial charge in [0.15, 0.2) is 5.82 Å². The van der Waals surface area contributed by atoms with Gasteiger partial charge in [-0.2, -0.15) is 0 Å². The molecule has 1 unspecified atom stereocenters. The zero-order valence-electron chi connectivity index (χ0n) is 9.85. The molecule has 1 rings (SSSR count). The van der Waals surface area contributed by atoms with E-state index in [1.54, 1.807) is 6.92 Å². The predicted molar refractivity (Wildman–Crippen MR) is 65.1 cm³/mol. The predicted octanol–water partition coefficient (Wildman–Crippen LogP) is 0.604. The van der Waals surface area contributed by atoms with Crippen LogP contribution in [0.15, 0.2) is 23.4 Å². The number of aromatic nitrogens is 1. The van der Waals surface area contributed by atoms with E-state index in [-0.39, 0.29) is 12.3 Å². The maximum atomic E-state index is 13.4. The summed E-state index contributed by atoms with van der Waals surface area (Å²) in [5, 5.41) is 6.49. The van der Waals surface area contributed by atoms with Gasteiger partial charge in [0, 0.05) is 18.7 Å². The Labute approximate surface area is 105 Å². The van der Waals surface area contributed by atoms with Crippen molar-refractivity contribution >= 4 is 15.9 Å². The number of hydrogen-bond acceptors (Lipinski definition) is 4. The van der Waals surface area contributed by atoms with Crippen molar-refractivity contribution in [2.75, 3.05) is 0 Å². The number of nitrogens with two attached hydrogens (primary N) is 1. The Bertz CT molecular complexity index is 532. The highest BCUT2D eigenvalue weighted by atomic mass is 32.2. The van der Waals surface area contributed by atoms with Crippen molar-refractivity contribution in [1.29, 1.82) is 5.41 Å². The van der Waals surface area contributed by atoms with Crippen molar-refractivity contribution < 1.29 is 12.8 Å². The van der Waals surface area contributed by atoms with Gasteiger partial charge in [-0.3, -0.25) is 5.41 Å². The molecular weight excluding hydrogens is 259 g/mol. The second kappa shape index (κ2) is 5.87. The lowest BCUT2D eigenvalue weighted by Crippen LogP contribution is -2.38. The van der Waals surface area contributed by atoms with Gasteiger partial charge in [-0.1, -0.05) is 6.92 Å². The monoisotopic (exact) mass is 274 g/mol. The van der Waals surface area contributed by atoms with Gasteiger partial charge in [-0.05, 0) is 18.6 Å². The summed E-state index contributed by atoms with van der Waals surface area (Å²) in [6.07, 6.45) is 1.71. The highest BCUT2D eigenvalue weighted by Crippen LogP contribution is 2.11. The van der Waals surface area contributed by atoms with Crippen LogP contribution < -0.4 is 10.5 Å². The molecule has 0 saturated heterocycles. The van der Waals surface area contributed by atoms with E-state index in [2.05, 4.69) is 9.71 Å². The molecule has 0 aliphatic carbocycles. The van der Waals surface area contributed by atoms with Crippen molar-refractivity contribution in [3.8, 4) is 0 Å². The molecule has 0 aliphatic rings. The Morgan fingerprint density at radius 1 is 1.67 bits per heavy atom. The van der Waals surface area contributed by atoms with Crippen LogP contribution in [0.1, 0.15) is 19.8 Å². The topological polar surface area (TPSA) is 109 Å². The summed E-state index contributed by atoms with van der Waals surface area (Å²) in [4.78, 5) is 3.51. The first-order chi connectivity index (χ1) is 8.36. The van der Waals surface area contributed by atoms with Gasteiger partial charge in [0.2, 0.25) is 5.03 Å². The molecule has 0 saturated carbocycles. The van der Waals surface area contributed by atoms with Crippen LogP contribution in [0, 0.1) is 11.2 Å². The highest BCUT2D eigenvalue weighted by Gasteiger charge is 2.23. The minimum atomic E-state index is -4.04. The van der Waals surface area contributed by atoms with Crippen molar-refractivity contribution in [3.63, 3.8) is 0 Å². The first-order valence-corrected chi connectivity index (χ1v) is 6.81. The highest BCUT2D eigenvalue weighted by molar-refractivity contribution is 7.89. The molecule has 0 radical (unpaired) electrons. The normalized spacial score (nSPS) is 13.2. The van der Waals surface area contributed by atoms with E-state index in [0.29, 0.717) is 6.42 Å². The lowest BCUT2D eigenvalue weighted by atomic mass is 10.1. The van der Waals surface area contributed by atoms with Crippen LogP contribution in [0.5, 0.6) is 0 Å². The molecule has 1 atom stereocenters. The Balaban J connectivity index is 2.94. The van der Waals surface area contributed by atoms with E-state index in [1.807, 2.05) is 0 Å². The average molecular weight is 274 g/mol. The molecule has 0 aromatic carbocycles. The zero-order valence-corrected chi connectivity index (χ0v) is 10.7. The third-order valence-electron chi connectivity index (χ3n) is 2.26. The fraction of sp³-hybridized carbons (Fsp3) is 0.400. The first-order valence-electron chi connectivity index (χ1n) is 5.32. The smallest absolute Gasteiger partial charge is 0.261 e. The summed E-state index contributed by atoms with van der Waals surface area (Å²) in [7, 11) is -4.04. The number of rotatable bonds is 6. The number of nitrogens with one attached hydrogen (secondary N) is 2. The van der Waals surface area contributed by atoms with E-state index in [9.17, 15) is 12.8 Å². The van der Waals surface area contributed by atoms with Gasteiger partial charge in [0.25, 0.3) is 10.0 Å². The lowest BCUT2D eigenvalue weighted by molar-refractivity contribution is 0.523. The SMILES string of the molecule is CCC(CC(=N)N)NS(=O)(=O)c1ncccc1F. The molecule has 0 amide bonds. The number of hydrogen-bond donors (Lipinski definition) is 3. The third-order valence-corrected chi connectivity index (χ3v) is 3.71. The molecule has 1 aromatic heterocycles. The summed E-state index contributed by atoms with van der Waals surface area (Å²) in [6.45, 7) is 1.74. The van der Waals surface area contributed by atoms with Crippen molar-refractivity contribution in [2.45, 2.75) is 30.8 Å². The van der Waals surface area contributed by atoms with Crippen LogP contribution in [0.25, 0.3) is 0 Å². The Morgan fingerprint density at radius 2 is 2.33 bits per heavy atom. The van der Waals surface area contributed by atoms with Gasteiger partial charge < -0.3 is 5.73 Å². The molecule has 1 heterocycles. The van der Waals surface area contributed by atoms with E-state index in [0.717, 1.165) is 6.07 Å². The Morgan fingerprint density at radius 3 is 2.83 bits per heavy atom. The summed E-state index contributed by atoms with van der Waals surface area (Å²) in [6, 6.07) is 1.78. The largest absolute Gasteiger partial charge is 0.388 e. The van der Waals surface area contributed by atoms with Crippen molar-refractivity contribution in [1.82, 2.24) is 9.71 Å². The van der Waals surface area contributed by atoms with E-state index in [4.69, 9.17) is 11.1 Å². The number of pyridine rings is 1. The molecule has 0 spiro atoms. The minimum Gasteiger partial charge on any atom is -0.388 e. The van der Waals surface area contributed by atoms with Gasteiger partial charge in [0.05, 0.1) is 5.84 Å². The average Bonchev–Trinajstić information content (AvgIpc) is 2.27. The van der Waals surface area contributed by atoms with Crippen LogP contribution in [-0.4, -0.2) is 25.3 Å². The fourth-order valence-corrected chi connectivity index (χ4v) is 2.70. The third kappa shape index (κ3) is 3.74. The summed E-state index contributed by atoms with van der Waals surface area (Å²) >= 11 is 0. The lowest BCUT2D eigenvalue weighted by Gasteiger charge is -2.15. The van der Waals surface area contributed by atoms with Gasteiger partial charge in [-0.25, -0.2) is 22.5 Å².